The SMILES string of the molecule is C=CC(=O)OCCc1cc(C(C)=O)c(C(C)=O)cc1CCOC(=O)C=C. The number of carbonyl (C=O) groups excluding carboxylic acids is 4. The summed E-state index contributed by atoms with van der Waals surface area (Å²) in [6.45, 7) is 9.61. The molecule has 0 aliphatic rings. The van der Waals surface area contributed by atoms with Crippen LogP contribution >= 0.6 is 0 Å². The van der Waals surface area contributed by atoms with Crippen molar-refractivity contribution in [2.24, 2.45) is 0 Å². The summed E-state index contributed by atoms with van der Waals surface area (Å²) in [5.74, 6) is -1.55. The third-order valence-corrected chi connectivity index (χ3v) is 3.66. The van der Waals surface area contributed by atoms with Gasteiger partial charge in [0.05, 0.1) is 13.2 Å². The van der Waals surface area contributed by atoms with Crippen LogP contribution in [0.25, 0.3) is 0 Å². The molecule has 6 heteroatoms. The first kappa shape index (κ1) is 21.0. The van der Waals surface area contributed by atoms with E-state index in [0.717, 1.165) is 23.3 Å². The number of Topliss-reactive ketones (excluding diaryl/α,β-unsaturated/α-hetero) is 2. The Balaban J connectivity index is 3.12. The molecule has 1 aromatic rings. The van der Waals surface area contributed by atoms with Crippen LogP contribution in [-0.2, 0) is 31.9 Å². The van der Waals surface area contributed by atoms with Gasteiger partial charge in [-0.25, -0.2) is 9.59 Å². The van der Waals surface area contributed by atoms with Gasteiger partial charge in [0.25, 0.3) is 0 Å². The molecule has 0 fully saturated rings. The van der Waals surface area contributed by atoms with E-state index < -0.39 is 11.9 Å². The molecule has 6 nitrogen and oxygen atoms in total. The van der Waals surface area contributed by atoms with E-state index in [4.69, 9.17) is 9.47 Å². The molecule has 138 valence electrons. The van der Waals surface area contributed by atoms with Crippen molar-refractivity contribution in [3.63, 3.8) is 0 Å². The molecule has 0 saturated carbocycles. The molecule has 1 aromatic carbocycles. The quantitative estimate of drug-likeness (QED) is 0.363. The molecule has 0 heterocycles. The number of carbonyl (C=O) groups is 4. The van der Waals surface area contributed by atoms with Gasteiger partial charge in [0.15, 0.2) is 11.6 Å². The van der Waals surface area contributed by atoms with Crippen molar-refractivity contribution >= 4 is 23.5 Å². The van der Waals surface area contributed by atoms with E-state index in [1.54, 1.807) is 12.1 Å². The average molecular weight is 358 g/mol. The molecule has 0 spiro atoms. The zero-order valence-corrected chi connectivity index (χ0v) is 15.0. The van der Waals surface area contributed by atoms with E-state index in [1.165, 1.54) is 13.8 Å². The number of esters is 2. The summed E-state index contributed by atoms with van der Waals surface area (Å²) in [4.78, 5) is 46.1. The van der Waals surface area contributed by atoms with Crippen LogP contribution < -0.4 is 0 Å². The number of hydrogen-bond acceptors (Lipinski definition) is 6. The highest BCUT2D eigenvalue weighted by Gasteiger charge is 2.16. The van der Waals surface area contributed by atoms with Crippen LogP contribution in [0, 0.1) is 0 Å². The zero-order valence-electron chi connectivity index (χ0n) is 15.0. The van der Waals surface area contributed by atoms with Gasteiger partial charge >= 0.3 is 11.9 Å². The lowest BCUT2D eigenvalue weighted by molar-refractivity contribution is -0.138. The van der Waals surface area contributed by atoms with E-state index >= 15 is 0 Å². The van der Waals surface area contributed by atoms with Crippen molar-refractivity contribution in [3.8, 4) is 0 Å². The van der Waals surface area contributed by atoms with Crippen LogP contribution in [0.4, 0.5) is 0 Å². The van der Waals surface area contributed by atoms with Crippen LogP contribution in [0.3, 0.4) is 0 Å². The Morgan fingerprint density at radius 3 is 1.42 bits per heavy atom. The lowest BCUT2D eigenvalue weighted by Gasteiger charge is -2.14. The molecule has 0 saturated heterocycles. The number of benzene rings is 1. The van der Waals surface area contributed by atoms with Gasteiger partial charge in [-0.15, -0.1) is 0 Å². The van der Waals surface area contributed by atoms with Gasteiger partial charge in [-0.2, -0.15) is 0 Å². The van der Waals surface area contributed by atoms with E-state index in [0.29, 0.717) is 24.0 Å². The number of rotatable bonds is 10. The molecular weight excluding hydrogens is 336 g/mol. The van der Waals surface area contributed by atoms with Gasteiger partial charge in [0.2, 0.25) is 0 Å². The summed E-state index contributed by atoms with van der Waals surface area (Å²) in [5, 5.41) is 0. The predicted octanol–water partition coefficient (Wildman–Crippen LogP) is 2.64. The second-order valence-corrected chi connectivity index (χ2v) is 5.52. The van der Waals surface area contributed by atoms with E-state index in [2.05, 4.69) is 13.2 Å². The maximum Gasteiger partial charge on any atom is 0.330 e. The summed E-state index contributed by atoms with van der Waals surface area (Å²) in [7, 11) is 0. The standard InChI is InChI=1S/C20H22O6/c1-5-19(23)25-9-7-15-11-17(13(3)21)18(14(4)22)12-16(15)8-10-26-20(24)6-2/h5-6,11-12H,1-2,7-10H2,3-4H3. The van der Waals surface area contributed by atoms with E-state index in [-0.39, 0.29) is 24.8 Å². The molecule has 0 aliphatic carbocycles. The highest BCUT2D eigenvalue weighted by molar-refractivity contribution is 6.07. The topological polar surface area (TPSA) is 86.7 Å². The predicted molar refractivity (Wildman–Crippen MR) is 96.2 cm³/mol. The highest BCUT2D eigenvalue weighted by atomic mass is 16.5. The Labute approximate surface area is 152 Å². The zero-order chi connectivity index (χ0) is 19.7. The lowest BCUT2D eigenvalue weighted by atomic mass is 9.92. The fourth-order valence-electron chi connectivity index (χ4n) is 2.38. The minimum atomic E-state index is -0.543. The first-order chi connectivity index (χ1) is 12.3. The van der Waals surface area contributed by atoms with E-state index in [9.17, 15) is 19.2 Å². The maximum absolute atomic E-state index is 11.9. The van der Waals surface area contributed by atoms with Crippen molar-refractivity contribution in [2.75, 3.05) is 13.2 Å². The first-order valence-corrected chi connectivity index (χ1v) is 8.06. The van der Waals surface area contributed by atoms with Gasteiger partial charge < -0.3 is 9.47 Å². The minimum Gasteiger partial charge on any atom is -0.462 e. The monoisotopic (exact) mass is 358 g/mol. The molecule has 0 aromatic heterocycles. The van der Waals surface area contributed by atoms with Crippen molar-refractivity contribution in [1.29, 1.82) is 0 Å². The van der Waals surface area contributed by atoms with Gasteiger partial charge in [0.1, 0.15) is 0 Å². The van der Waals surface area contributed by atoms with Crippen LogP contribution in [0.1, 0.15) is 45.7 Å². The summed E-state index contributed by atoms with van der Waals surface area (Å²) < 4.78 is 9.96. The smallest absolute Gasteiger partial charge is 0.330 e. The van der Waals surface area contributed by atoms with Crippen molar-refractivity contribution in [3.05, 3.63) is 59.7 Å². The van der Waals surface area contributed by atoms with Crippen molar-refractivity contribution < 1.29 is 28.7 Å². The summed E-state index contributed by atoms with van der Waals surface area (Å²) >= 11 is 0. The largest absolute Gasteiger partial charge is 0.462 e. The molecule has 0 atom stereocenters. The Kier molecular flexibility index (Phi) is 8.15. The second kappa shape index (κ2) is 10.1. The van der Waals surface area contributed by atoms with Gasteiger partial charge in [0, 0.05) is 36.1 Å². The molecule has 26 heavy (non-hydrogen) atoms. The van der Waals surface area contributed by atoms with Gasteiger partial charge in [-0.1, -0.05) is 13.2 Å². The Morgan fingerprint density at radius 1 is 0.808 bits per heavy atom. The third-order valence-electron chi connectivity index (χ3n) is 3.66. The summed E-state index contributed by atoms with van der Waals surface area (Å²) in [6, 6.07) is 3.26. The molecule has 1 rings (SSSR count). The Morgan fingerprint density at radius 2 is 1.15 bits per heavy atom. The van der Waals surface area contributed by atoms with Crippen molar-refractivity contribution in [1.82, 2.24) is 0 Å². The summed E-state index contributed by atoms with van der Waals surface area (Å²) in [5.41, 5.74) is 2.11. The lowest BCUT2D eigenvalue weighted by Crippen LogP contribution is -2.13. The van der Waals surface area contributed by atoms with Crippen LogP contribution in [-0.4, -0.2) is 36.7 Å². The fraction of sp³-hybridized carbons (Fsp3) is 0.300. The fourth-order valence-corrected chi connectivity index (χ4v) is 2.38. The molecule has 0 bridgehead atoms. The molecule has 0 aliphatic heterocycles. The van der Waals surface area contributed by atoms with Gasteiger partial charge in [-0.3, -0.25) is 9.59 Å². The summed E-state index contributed by atoms with van der Waals surface area (Å²) in [6.07, 6.45) is 2.83. The average Bonchev–Trinajstić information content (AvgIpc) is 2.61. The van der Waals surface area contributed by atoms with E-state index in [1.807, 2.05) is 0 Å². The molecule has 0 N–H and O–H groups in total. The highest BCUT2D eigenvalue weighted by Crippen LogP contribution is 2.20. The number of ether oxygens (including phenoxy) is 2. The van der Waals surface area contributed by atoms with Crippen LogP contribution in [0.2, 0.25) is 0 Å². The Bertz CT molecular complexity index is 682. The van der Waals surface area contributed by atoms with Crippen LogP contribution in [0.5, 0.6) is 0 Å². The molecule has 0 amide bonds. The second-order valence-electron chi connectivity index (χ2n) is 5.52. The first-order valence-electron chi connectivity index (χ1n) is 8.06. The number of hydrogen-bond donors (Lipinski definition) is 0. The van der Waals surface area contributed by atoms with Crippen LogP contribution in [0.15, 0.2) is 37.4 Å². The van der Waals surface area contributed by atoms with Gasteiger partial charge in [-0.05, 0) is 37.1 Å². The minimum absolute atomic E-state index is 0.0983. The molecule has 0 unspecified atom stereocenters. The maximum atomic E-state index is 11.9. The molecular formula is C20H22O6. The third kappa shape index (κ3) is 6.12. The number of ketones is 2. The normalized spacial score (nSPS) is 9.92. The van der Waals surface area contributed by atoms with Crippen molar-refractivity contribution in [2.45, 2.75) is 26.7 Å². The Hall–Kier alpha value is -3.02. The molecule has 0 radical (unpaired) electrons.